The van der Waals surface area contributed by atoms with E-state index in [1.54, 1.807) is 0 Å². The van der Waals surface area contributed by atoms with Gasteiger partial charge in [-0.15, -0.1) is 0 Å². The van der Waals surface area contributed by atoms with Gasteiger partial charge in [0, 0.05) is 13.1 Å². The summed E-state index contributed by atoms with van der Waals surface area (Å²) in [6.07, 6.45) is 0.969. The number of alkyl halides is 2. The lowest BCUT2D eigenvalue weighted by molar-refractivity contribution is -0.0574. The lowest BCUT2D eigenvalue weighted by Crippen LogP contribution is -2.43. The van der Waals surface area contributed by atoms with E-state index < -0.39 is 43.7 Å². The highest BCUT2D eigenvalue weighted by Gasteiger charge is 2.43. The molecule has 0 aliphatic heterocycles. The van der Waals surface area contributed by atoms with E-state index in [9.17, 15) is 18.0 Å². The van der Waals surface area contributed by atoms with Gasteiger partial charge in [0.25, 0.3) is 0 Å². The molecule has 1 heterocycles. The highest BCUT2D eigenvalue weighted by Crippen LogP contribution is 2.39. The van der Waals surface area contributed by atoms with E-state index in [2.05, 4.69) is 11.9 Å². The molecule has 1 aromatic heterocycles. The molecule has 123 valence electrons. The minimum atomic E-state index is -3.62. The maximum Gasteiger partial charge on any atom is 0.314 e. The van der Waals surface area contributed by atoms with Gasteiger partial charge in [-0.2, -0.15) is 8.78 Å². The number of nitrogens with zero attached hydrogens (tertiary/aromatic N) is 1. The zero-order valence-corrected chi connectivity index (χ0v) is 14.5. The van der Waals surface area contributed by atoms with Crippen LogP contribution in [-0.4, -0.2) is 25.7 Å². The predicted octanol–water partition coefficient (Wildman–Crippen LogP) is 4.35. The van der Waals surface area contributed by atoms with Crippen molar-refractivity contribution in [3.8, 4) is 0 Å². The Labute approximate surface area is 130 Å². The Hall–Kier alpha value is -1.21. The monoisotopic (exact) mass is 332 g/mol. The molecular formula is C15H21F3NO2Si. The third-order valence-electron chi connectivity index (χ3n) is 3.96. The second-order valence-electron chi connectivity index (χ2n) is 6.70. The first-order valence-electron chi connectivity index (χ1n) is 6.82. The molecular weight excluding hydrogens is 311 g/mol. The van der Waals surface area contributed by atoms with Gasteiger partial charge in [-0.1, -0.05) is 20.8 Å². The summed E-state index contributed by atoms with van der Waals surface area (Å²) in [5, 5.41) is -0.250. The van der Waals surface area contributed by atoms with Crippen LogP contribution in [-0.2, 0) is 10.3 Å². The molecule has 3 nitrogen and oxygen atoms in total. The summed E-state index contributed by atoms with van der Waals surface area (Å²) in [7, 11) is -2.41. The van der Waals surface area contributed by atoms with Crippen molar-refractivity contribution in [2.75, 3.05) is 6.61 Å². The number of Topliss-reactive ketones (excluding diaryl/α,β-unsaturated/α-hetero) is 1. The quantitative estimate of drug-likeness (QED) is 0.594. The highest BCUT2D eigenvalue weighted by atomic mass is 28.4. The van der Waals surface area contributed by atoms with Gasteiger partial charge in [-0.3, -0.25) is 9.78 Å². The molecule has 1 aromatic rings. The first kappa shape index (κ1) is 18.8. The van der Waals surface area contributed by atoms with Gasteiger partial charge < -0.3 is 4.43 Å². The molecule has 0 amide bonds. The van der Waals surface area contributed by atoms with Crippen molar-refractivity contribution in [1.82, 2.24) is 4.98 Å². The van der Waals surface area contributed by atoms with Gasteiger partial charge in [0.15, 0.2) is 19.9 Å². The van der Waals surface area contributed by atoms with Crippen LogP contribution >= 0.6 is 0 Å². The van der Waals surface area contributed by atoms with Crippen molar-refractivity contribution in [1.29, 1.82) is 0 Å². The van der Waals surface area contributed by atoms with E-state index in [-0.39, 0.29) is 5.04 Å². The molecule has 0 aliphatic carbocycles. The van der Waals surface area contributed by atoms with Crippen LogP contribution in [0.1, 0.15) is 36.8 Å². The van der Waals surface area contributed by atoms with Crippen LogP contribution < -0.4 is 0 Å². The first-order chi connectivity index (χ1) is 9.79. The highest BCUT2D eigenvalue weighted by molar-refractivity contribution is 6.74. The number of carbonyl (C=O) groups excluding carboxylic acids is 1. The van der Waals surface area contributed by atoms with Crippen LogP contribution in [0.3, 0.4) is 0 Å². The van der Waals surface area contributed by atoms with Crippen molar-refractivity contribution < 1.29 is 22.4 Å². The standard InChI is InChI=1S/C15H21F3NO2Si/c1-10(20)11-7-8-19-13(12(11)16)15(17,18)9-21-22(5,6)14(2,3)4/h7-8H,1,9H2,2-6H3. The predicted molar refractivity (Wildman–Crippen MR) is 80.9 cm³/mol. The Balaban J connectivity index is 3.06. The van der Waals surface area contributed by atoms with Gasteiger partial charge >= 0.3 is 5.92 Å². The van der Waals surface area contributed by atoms with E-state index in [0.29, 0.717) is 0 Å². The minimum Gasteiger partial charge on any atom is -0.410 e. The molecule has 0 atom stereocenters. The fraction of sp³-hybridized carbons (Fsp3) is 0.533. The van der Waals surface area contributed by atoms with Crippen LogP contribution in [0.15, 0.2) is 12.3 Å². The molecule has 0 saturated heterocycles. The van der Waals surface area contributed by atoms with E-state index >= 15 is 0 Å². The largest absolute Gasteiger partial charge is 0.410 e. The van der Waals surface area contributed by atoms with Crippen LogP contribution in [0.4, 0.5) is 13.2 Å². The maximum absolute atomic E-state index is 14.2. The SMILES string of the molecule is [CH2]C(=O)c1ccnc(C(F)(F)CO[Si](C)(C)C(C)(C)C)c1F. The van der Waals surface area contributed by atoms with E-state index in [4.69, 9.17) is 4.43 Å². The van der Waals surface area contributed by atoms with Crippen LogP contribution in [0, 0.1) is 12.7 Å². The molecule has 0 spiro atoms. The summed E-state index contributed by atoms with van der Waals surface area (Å²) >= 11 is 0. The number of carbonyl (C=O) groups is 1. The molecule has 0 bridgehead atoms. The fourth-order valence-electron chi connectivity index (χ4n) is 1.47. The molecule has 0 fully saturated rings. The number of pyridine rings is 1. The Kier molecular flexibility index (Phi) is 5.24. The van der Waals surface area contributed by atoms with Gasteiger partial charge in [0.05, 0.1) is 5.56 Å². The normalized spacial score (nSPS) is 13.3. The number of halogens is 3. The third-order valence-corrected chi connectivity index (χ3v) is 8.43. The number of aromatic nitrogens is 1. The van der Waals surface area contributed by atoms with Gasteiger partial charge in [-0.05, 0) is 24.2 Å². The number of ketones is 1. The molecule has 22 heavy (non-hydrogen) atoms. The number of hydrogen-bond donors (Lipinski definition) is 0. The second kappa shape index (κ2) is 6.12. The van der Waals surface area contributed by atoms with Crippen LogP contribution in [0.25, 0.3) is 0 Å². The van der Waals surface area contributed by atoms with E-state index in [0.717, 1.165) is 12.3 Å². The first-order valence-corrected chi connectivity index (χ1v) is 9.73. The summed E-state index contributed by atoms with van der Waals surface area (Å²) in [6.45, 7) is 11.5. The molecule has 0 aliphatic rings. The Morgan fingerprint density at radius 1 is 1.36 bits per heavy atom. The lowest BCUT2D eigenvalue weighted by atomic mass is 10.1. The van der Waals surface area contributed by atoms with Crippen LogP contribution in [0.2, 0.25) is 18.1 Å². The summed E-state index contributed by atoms with van der Waals surface area (Å²) < 4.78 is 48.0. The summed E-state index contributed by atoms with van der Waals surface area (Å²) in [6, 6.07) is 1.03. The molecule has 1 rings (SSSR count). The van der Waals surface area contributed by atoms with Gasteiger partial charge in [-0.25, -0.2) is 4.39 Å². The Morgan fingerprint density at radius 2 is 1.91 bits per heavy atom. The van der Waals surface area contributed by atoms with Crippen molar-refractivity contribution in [3.05, 3.63) is 36.3 Å². The average Bonchev–Trinajstić information content (AvgIpc) is 2.35. The molecule has 0 saturated carbocycles. The van der Waals surface area contributed by atoms with Crippen molar-refractivity contribution >= 4 is 14.1 Å². The fourth-order valence-corrected chi connectivity index (χ4v) is 2.45. The number of hydrogen-bond acceptors (Lipinski definition) is 3. The summed E-state index contributed by atoms with van der Waals surface area (Å²) in [4.78, 5) is 14.5. The molecule has 7 heteroatoms. The zero-order valence-electron chi connectivity index (χ0n) is 13.5. The van der Waals surface area contributed by atoms with Gasteiger partial charge in [0.2, 0.25) is 0 Å². The Bertz CT molecular complexity index is 568. The number of rotatable bonds is 5. The van der Waals surface area contributed by atoms with Gasteiger partial charge in [0.1, 0.15) is 12.3 Å². The average molecular weight is 332 g/mol. The zero-order chi connectivity index (χ0) is 17.3. The van der Waals surface area contributed by atoms with Crippen molar-refractivity contribution in [2.24, 2.45) is 0 Å². The molecule has 0 unspecified atom stereocenters. The smallest absolute Gasteiger partial charge is 0.314 e. The summed E-state index contributed by atoms with van der Waals surface area (Å²) in [5.41, 5.74) is -1.59. The Morgan fingerprint density at radius 3 is 2.36 bits per heavy atom. The van der Waals surface area contributed by atoms with Crippen molar-refractivity contribution in [2.45, 2.75) is 44.8 Å². The lowest BCUT2D eigenvalue weighted by Gasteiger charge is -2.37. The third kappa shape index (κ3) is 3.95. The molecule has 0 aromatic carbocycles. The molecule has 1 radical (unpaired) electrons. The van der Waals surface area contributed by atoms with E-state index in [1.807, 2.05) is 33.9 Å². The minimum absolute atomic E-state index is 0.250. The maximum atomic E-state index is 14.2. The van der Waals surface area contributed by atoms with Crippen molar-refractivity contribution in [3.63, 3.8) is 0 Å². The molecule has 0 N–H and O–H groups in total. The second-order valence-corrected chi connectivity index (χ2v) is 11.5. The van der Waals surface area contributed by atoms with Crippen LogP contribution in [0.5, 0.6) is 0 Å². The summed E-state index contributed by atoms with van der Waals surface area (Å²) in [5.74, 6) is -5.83. The topological polar surface area (TPSA) is 39.2 Å². The van der Waals surface area contributed by atoms with E-state index in [1.165, 1.54) is 0 Å².